The molecule has 0 rings (SSSR count). The molecule has 0 aromatic carbocycles. The number of hydrogen-bond acceptors (Lipinski definition) is 3. The molecule has 1 N–H and O–H groups in total. The predicted octanol–water partition coefficient (Wildman–Crippen LogP) is -0.770. The van der Waals surface area contributed by atoms with Gasteiger partial charge in [-0.2, -0.15) is 14.8 Å². The first-order chi connectivity index (χ1) is 5.97. The van der Waals surface area contributed by atoms with E-state index >= 15 is 0 Å². The summed E-state index contributed by atoms with van der Waals surface area (Å²) in [5.41, 5.74) is 0. The van der Waals surface area contributed by atoms with E-state index in [-0.39, 0.29) is 36.2 Å². The van der Waals surface area contributed by atoms with Gasteiger partial charge in [0.05, 0.1) is 6.61 Å². The van der Waals surface area contributed by atoms with Gasteiger partial charge >= 0.3 is 40.0 Å². The third-order valence-electron chi connectivity index (χ3n) is 1.12. The van der Waals surface area contributed by atoms with E-state index < -0.39 is 10.4 Å². The summed E-state index contributed by atoms with van der Waals surface area (Å²) in [5.74, 6) is 0. The fourth-order valence-electron chi connectivity index (χ4n) is 0.576. The van der Waals surface area contributed by atoms with Crippen LogP contribution in [0.5, 0.6) is 0 Å². The minimum absolute atomic E-state index is 0. The maximum atomic E-state index is 9.56. The normalized spacial score (nSPS) is 9.71. The Hall–Kier alpha value is 0.870. The fraction of sp³-hybridized carbons (Fsp3) is 0.875. The van der Waals surface area contributed by atoms with Crippen LogP contribution in [0.15, 0.2) is 0 Å². The monoisotopic (exact) mass is 234 g/mol. The molecule has 0 saturated carbocycles. The van der Waals surface area contributed by atoms with E-state index in [0.29, 0.717) is 0 Å². The SMILES string of the molecule is CCOS(=O)(=O)O.[CH2-]CCCCC.[Na+]. The van der Waals surface area contributed by atoms with Crippen LogP contribution >= 0.6 is 0 Å². The largest absolute Gasteiger partial charge is 1.00 e. The first-order valence-corrected chi connectivity index (χ1v) is 5.75. The van der Waals surface area contributed by atoms with Crippen molar-refractivity contribution >= 4 is 10.4 Å². The molecule has 0 fully saturated rings. The van der Waals surface area contributed by atoms with E-state index in [0.717, 1.165) is 6.42 Å². The number of hydrogen-bond donors (Lipinski definition) is 1. The van der Waals surface area contributed by atoms with Gasteiger partial charge in [-0.05, 0) is 6.92 Å². The Kier molecular flexibility index (Phi) is 20.1. The average molecular weight is 234 g/mol. The molecule has 0 heterocycles. The van der Waals surface area contributed by atoms with Crippen molar-refractivity contribution in [2.75, 3.05) is 6.61 Å². The zero-order valence-electron chi connectivity index (χ0n) is 9.32. The second-order valence-electron chi connectivity index (χ2n) is 2.39. The molecule has 0 unspecified atom stereocenters. The van der Waals surface area contributed by atoms with E-state index in [9.17, 15) is 8.42 Å². The van der Waals surface area contributed by atoms with Crippen molar-refractivity contribution in [3.05, 3.63) is 6.92 Å². The van der Waals surface area contributed by atoms with Crippen LogP contribution < -0.4 is 29.6 Å². The van der Waals surface area contributed by atoms with Crippen LogP contribution in [-0.4, -0.2) is 19.6 Å². The van der Waals surface area contributed by atoms with E-state index in [1.54, 1.807) is 0 Å². The van der Waals surface area contributed by atoms with Crippen molar-refractivity contribution in [3.8, 4) is 0 Å². The summed E-state index contributed by atoms with van der Waals surface area (Å²) in [6, 6.07) is 0. The molecule has 0 radical (unpaired) electrons. The summed E-state index contributed by atoms with van der Waals surface area (Å²) < 4.78 is 30.7. The molecule has 82 valence electrons. The van der Waals surface area contributed by atoms with Crippen molar-refractivity contribution in [2.45, 2.75) is 39.5 Å². The first kappa shape index (κ1) is 20.3. The molecule has 0 aromatic rings. The molecule has 0 aliphatic rings. The standard InChI is InChI=1S/C6H13.C2H6O4S.Na/c1-3-5-6-4-2;1-2-6-7(3,4)5;/h1,3-6H2,2H3;2H2,1H3,(H,3,4,5);/q-1;;+1. The molecule has 0 aromatic heterocycles. The molecule has 0 aliphatic carbocycles. The van der Waals surface area contributed by atoms with Crippen LogP contribution in [0, 0.1) is 6.92 Å². The number of unbranched alkanes of at least 4 members (excludes halogenated alkanes) is 3. The second kappa shape index (κ2) is 13.9. The van der Waals surface area contributed by atoms with Crippen molar-refractivity contribution in [3.63, 3.8) is 0 Å². The molecule has 14 heavy (non-hydrogen) atoms. The molecular weight excluding hydrogens is 215 g/mol. The van der Waals surface area contributed by atoms with Crippen LogP contribution in [-0.2, 0) is 14.6 Å². The summed E-state index contributed by atoms with van der Waals surface area (Å²) in [4.78, 5) is 0. The third-order valence-corrected chi connectivity index (χ3v) is 1.65. The Balaban J connectivity index is -0.000000163. The van der Waals surface area contributed by atoms with Crippen LogP contribution in [0.4, 0.5) is 0 Å². The van der Waals surface area contributed by atoms with Gasteiger partial charge in [-0.1, -0.05) is 26.2 Å². The average Bonchev–Trinajstić information content (AvgIpc) is 1.99. The van der Waals surface area contributed by atoms with Crippen LogP contribution in [0.2, 0.25) is 0 Å². The summed E-state index contributed by atoms with van der Waals surface area (Å²) in [5, 5.41) is 0. The zero-order valence-corrected chi connectivity index (χ0v) is 12.1. The minimum atomic E-state index is -4.17. The molecule has 0 saturated heterocycles. The predicted molar refractivity (Wildman–Crippen MR) is 52.7 cm³/mol. The molecule has 0 aliphatic heterocycles. The minimum Gasteiger partial charge on any atom is -0.343 e. The first-order valence-electron chi connectivity index (χ1n) is 4.39. The van der Waals surface area contributed by atoms with Gasteiger partial charge in [-0.25, -0.2) is 4.18 Å². The maximum Gasteiger partial charge on any atom is 1.00 e. The van der Waals surface area contributed by atoms with Crippen molar-refractivity contribution < 1.29 is 46.7 Å². The molecule has 0 spiro atoms. The van der Waals surface area contributed by atoms with E-state index in [2.05, 4.69) is 18.0 Å². The van der Waals surface area contributed by atoms with Gasteiger partial charge in [0.25, 0.3) is 0 Å². The summed E-state index contributed by atoms with van der Waals surface area (Å²) in [6.45, 7) is 7.36. The molecule has 0 amide bonds. The summed E-state index contributed by atoms with van der Waals surface area (Å²) in [6.07, 6.45) is 5.07. The van der Waals surface area contributed by atoms with E-state index in [1.165, 1.54) is 26.2 Å². The van der Waals surface area contributed by atoms with Crippen LogP contribution in [0.1, 0.15) is 39.5 Å². The van der Waals surface area contributed by atoms with Gasteiger partial charge in [-0.15, -0.1) is 0 Å². The van der Waals surface area contributed by atoms with Gasteiger partial charge < -0.3 is 6.92 Å². The molecule has 0 atom stereocenters. The summed E-state index contributed by atoms with van der Waals surface area (Å²) >= 11 is 0. The van der Waals surface area contributed by atoms with Gasteiger partial charge in [0.1, 0.15) is 0 Å². The quantitative estimate of drug-likeness (QED) is 0.294. The van der Waals surface area contributed by atoms with Gasteiger partial charge in [0.2, 0.25) is 0 Å². The smallest absolute Gasteiger partial charge is 0.343 e. The van der Waals surface area contributed by atoms with Gasteiger partial charge in [0, 0.05) is 0 Å². The summed E-state index contributed by atoms with van der Waals surface area (Å²) in [7, 11) is -4.17. The molecular formula is C8H19NaO4S. The van der Waals surface area contributed by atoms with Gasteiger partial charge in [0.15, 0.2) is 0 Å². The van der Waals surface area contributed by atoms with Crippen molar-refractivity contribution in [1.82, 2.24) is 0 Å². The number of rotatable bonds is 5. The van der Waals surface area contributed by atoms with E-state index in [1.807, 2.05) is 0 Å². The van der Waals surface area contributed by atoms with Crippen molar-refractivity contribution in [2.24, 2.45) is 0 Å². The Morgan fingerprint density at radius 3 is 1.86 bits per heavy atom. The van der Waals surface area contributed by atoms with Crippen molar-refractivity contribution in [1.29, 1.82) is 0 Å². The van der Waals surface area contributed by atoms with Gasteiger partial charge in [-0.3, -0.25) is 4.55 Å². The van der Waals surface area contributed by atoms with E-state index in [4.69, 9.17) is 4.55 Å². The molecule has 6 heteroatoms. The maximum absolute atomic E-state index is 9.56. The molecule has 4 nitrogen and oxygen atoms in total. The molecule has 0 bridgehead atoms. The Morgan fingerprint density at radius 2 is 1.79 bits per heavy atom. The Morgan fingerprint density at radius 1 is 1.29 bits per heavy atom. The zero-order chi connectivity index (χ0) is 10.7. The Bertz CT molecular complexity index is 176. The van der Waals surface area contributed by atoms with Crippen LogP contribution in [0.3, 0.4) is 0 Å². The third kappa shape index (κ3) is 29.3. The fourth-order valence-corrected chi connectivity index (χ4v) is 0.874. The van der Waals surface area contributed by atoms with Crippen LogP contribution in [0.25, 0.3) is 0 Å². The topological polar surface area (TPSA) is 63.6 Å². The second-order valence-corrected chi connectivity index (χ2v) is 3.49. The Labute approximate surface area is 110 Å².